The Morgan fingerprint density at radius 3 is 2.86 bits per heavy atom. The Kier molecular flexibility index (Phi) is 4.67. The summed E-state index contributed by atoms with van der Waals surface area (Å²) in [4.78, 5) is 14.3. The number of ether oxygens (including phenoxy) is 1. The second-order valence-corrected chi connectivity index (χ2v) is 6.69. The summed E-state index contributed by atoms with van der Waals surface area (Å²) in [6, 6.07) is 6.35. The van der Waals surface area contributed by atoms with Gasteiger partial charge in [-0.05, 0) is 56.0 Å². The maximum atomic E-state index is 12.4. The minimum Gasteiger partial charge on any atom is -0.490 e. The number of benzene rings is 1. The Labute approximate surface area is 132 Å². The number of hydrogen-bond donors (Lipinski definition) is 1. The molecule has 1 saturated heterocycles. The maximum absolute atomic E-state index is 12.4. The first-order valence-electron chi connectivity index (χ1n) is 8.43. The molecule has 3 rings (SSSR count). The molecule has 0 radical (unpaired) electrons. The fourth-order valence-electron chi connectivity index (χ4n) is 3.35. The van der Waals surface area contributed by atoms with Crippen molar-refractivity contribution in [1.82, 2.24) is 5.32 Å². The van der Waals surface area contributed by atoms with E-state index in [1.807, 2.05) is 24.8 Å². The van der Waals surface area contributed by atoms with E-state index in [4.69, 9.17) is 4.74 Å². The van der Waals surface area contributed by atoms with E-state index in [0.29, 0.717) is 13.2 Å². The van der Waals surface area contributed by atoms with Crippen molar-refractivity contribution in [3.63, 3.8) is 0 Å². The van der Waals surface area contributed by atoms with E-state index in [1.165, 1.54) is 18.4 Å². The molecular weight excluding hydrogens is 276 g/mol. The van der Waals surface area contributed by atoms with E-state index in [9.17, 15) is 4.79 Å². The van der Waals surface area contributed by atoms with Crippen molar-refractivity contribution in [3.05, 3.63) is 23.8 Å². The van der Waals surface area contributed by atoms with Gasteiger partial charge in [0.05, 0.1) is 12.2 Å². The molecule has 0 saturated carbocycles. The van der Waals surface area contributed by atoms with Gasteiger partial charge in [-0.15, -0.1) is 0 Å². The van der Waals surface area contributed by atoms with Crippen LogP contribution < -0.4 is 15.0 Å². The Morgan fingerprint density at radius 2 is 2.14 bits per heavy atom. The summed E-state index contributed by atoms with van der Waals surface area (Å²) in [7, 11) is 0. The van der Waals surface area contributed by atoms with Crippen LogP contribution in [0.15, 0.2) is 18.2 Å². The number of carbonyl (C=O) groups is 1. The van der Waals surface area contributed by atoms with Crippen LogP contribution in [0, 0.1) is 11.8 Å². The molecule has 1 aromatic carbocycles. The number of carbonyl (C=O) groups excluding carboxylic acids is 1. The number of amides is 1. The van der Waals surface area contributed by atoms with Crippen molar-refractivity contribution < 1.29 is 9.53 Å². The van der Waals surface area contributed by atoms with E-state index in [1.54, 1.807) is 0 Å². The van der Waals surface area contributed by atoms with E-state index < -0.39 is 0 Å². The number of fused-ring (bicyclic) bond motifs is 1. The minimum atomic E-state index is 0.0130. The second-order valence-electron chi connectivity index (χ2n) is 6.69. The van der Waals surface area contributed by atoms with Crippen molar-refractivity contribution in [1.29, 1.82) is 0 Å². The van der Waals surface area contributed by atoms with Gasteiger partial charge in [-0.1, -0.05) is 19.9 Å². The van der Waals surface area contributed by atoms with Gasteiger partial charge in [0.1, 0.15) is 12.4 Å². The van der Waals surface area contributed by atoms with Crippen LogP contribution in [0.2, 0.25) is 0 Å². The van der Waals surface area contributed by atoms with E-state index >= 15 is 0 Å². The lowest BCUT2D eigenvalue weighted by Crippen LogP contribution is -2.40. The second kappa shape index (κ2) is 6.69. The highest BCUT2D eigenvalue weighted by Crippen LogP contribution is 2.34. The van der Waals surface area contributed by atoms with Crippen LogP contribution in [0.25, 0.3) is 0 Å². The number of nitrogens with zero attached hydrogens (tertiary/aromatic N) is 1. The molecule has 0 aromatic heterocycles. The average molecular weight is 302 g/mol. The van der Waals surface area contributed by atoms with Gasteiger partial charge in [0, 0.05) is 5.92 Å². The van der Waals surface area contributed by atoms with Crippen LogP contribution in [0.4, 0.5) is 5.69 Å². The molecule has 2 aliphatic rings. The van der Waals surface area contributed by atoms with Gasteiger partial charge in [-0.3, -0.25) is 4.79 Å². The molecule has 1 fully saturated rings. The first kappa shape index (κ1) is 15.3. The standard InChI is InChI=1S/C18H26N2O2/c1-13(2)18(21)20-9-10-22-17-4-3-15(12-16(17)20)11-14-5-7-19-8-6-14/h3-4,12-14,19H,5-11H2,1-2H3. The number of rotatable bonds is 3. The third-order valence-corrected chi connectivity index (χ3v) is 4.63. The number of nitrogens with one attached hydrogen (secondary N) is 1. The monoisotopic (exact) mass is 302 g/mol. The van der Waals surface area contributed by atoms with Crippen molar-refractivity contribution in [2.75, 3.05) is 31.1 Å². The molecule has 1 amide bonds. The van der Waals surface area contributed by atoms with Crippen LogP contribution in [0.5, 0.6) is 5.75 Å². The summed E-state index contributed by atoms with van der Waals surface area (Å²) in [5, 5.41) is 3.41. The van der Waals surface area contributed by atoms with Crippen LogP contribution in [-0.4, -0.2) is 32.1 Å². The Bertz CT molecular complexity index is 536. The first-order chi connectivity index (χ1) is 10.6. The van der Waals surface area contributed by atoms with Gasteiger partial charge in [0.15, 0.2) is 0 Å². The van der Waals surface area contributed by atoms with Gasteiger partial charge in [0.2, 0.25) is 5.91 Å². The number of hydrogen-bond acceptors (Lipinski definition) is 3. The van der Waals surface area contributed by atoms with Crippen LogP contribution in [-0.2, 0) is 11.2 Å². The van der Waals surface area contributed by atoms with Crippen molar-refractivity contribution in [2.45, 2.75) is 33.1 Å². The summed E-state index contributed by atoms with van der Waals surface area (Å²) in [6.45, 7) is 7.39. The normalized spacial score (nSPS) is 19.0. The highest BCUT2D eigenvalue weighted by Gasteiger charge is 2.26. The zero-order valence-corrected chi connectivity index (χ0v) is 13.6. The Hall–Kier alpha value is -1.55. The Balaban J connectivity index is 1.80. The smallest absolute Gasteiger partial charge is 0.229 e. The fourth-order valence-corrected chi connectivity index (χ4v) is 3.35. The average Bonchev–Trinajstić information content (AvgIpc) is 2.54. The summed E-state index contributed by atoms with van der Waals surface area (Å²) < 4.78 is 5.72. The van der Waals surface area contributed by atoms with E-state index in [0.717, 1.165) is 36.9 Å². The lowest BCUT2D eigenvalue weighted by molar-refractivity contribution is -0.121. The molecule has 0 bridgehead atoms. The van der Waals surface area contributed by atoms with Gasteiger partial charge in [-0.25, -0.2) is 0 Å². The van der Waals surface area contributed by atoms with Crippen molar-refractivity contribution in [3.8, 4) is 5.75 Å². The molecule has 0 atom stereocenters. The van der Waals surface area contributed by atoms with Crippen LogP contribution >= 0.6 is 0 Å². The summed E-state index contributed by atoms with van der Waals surface area (Å²) >= 11 is 0. The zero-order chi connectivity index (χ0) is 15.5. The van der Waals surface area contributed by atoms with Crippen molar-refractivity contribution >= 4 is 11.6 Å². The van der Waals surface area contributed by atoms with Gasteiger partial charge < -0.3 is 15.0 Å². The molecular formula is C18H26N2O2. The highest BCUT2D eigenvalue weighted by atomic mass is 16.5. The molecule has 0 unspecified atom stereocenters. The molecule has 0 aliphatic carbocycles. The minimum absolute atomic E-state index is 0.0130. The molecule has 2 aliphatic heterocycles. The molecule has 22 heavy (non-hydrogen) atoms. The fraction of sp³-hybridized carbons (Fsp3) is 0.611. The predicted molar refractivity (Wildman–Crippen MR) is 88.4 cm³/mol. The topological polar surface area (TPSA) is 41.6 Å². The molecule has 1 aromatic rings. The predicted octanol–water partition coefficient (Wildman–Crippen LogP) is 2.61. The SMILES string of the molecule is CC(C)C(=O)N1CCOc2ccc(CC3CCNCC3)cc21. The molecule has 2 heterocycles. The lowest BCUT2D eigenvalue weighted by atomic mass is 9.90. The third-order valence-electron chi connectivity index (χ3n) is 4.63. The van der Waals surface area contributed by atoms with E-state index in [2.05, 4.69) is 17.4 Å². The Morgan fingerprint density at radius 1 is 1.36 bits per heavy atom. The summed E-state index contributed by atoms with van der Waals surface area (Å²) in [5.74, 6) is 1.79. The molecule has 120 valence electrons. The summed E-state index contributed by atoms with van der Waals surface area (Å²) in [6.07, 6.45) is 3.57. The molecule has 1 N–H and O–H groups in total. The van der Waals surface area contributed by atoms with Gasteiger partial charge in [-0.2, -0.15) is 0 Å². The largest absolute Gasteiger partial charge is 0.490 e. The number of piperidine rings is 1. The molecule has 4 heteroatoms. The third kappa shape index (κ3) is 3.27. The maximum Gasteiger partial charge on any atom is 0.229 e. The summed E-state index contributed by atoms with van der Waals surface area (Å²) in [5.41, 5.74) is 2.27. The lowest BCUT2D eigenvalue weighted by Gasteiger charge is -2.31. The van der Waals surface area contributed by atoms with Crippen LogP contribution in [0.1, 0.15) is 32.3 Å². The highest BCUT2D eigenvalue weighted by molar-refractivity contribution is 5.96. The molecule has 0 spiro atoms. The van der Waals surface area contributed by atoms with Crippen LogP contribution in [0.3, 0.4) is 0 Å². The molecule has 4 nitrogen and oxygen atoms in total. The number of anilines is 1. The van der Waals surface area contributed by atoms with Gasteiger partial charge >= 0.3 is 0 Å². The first-order valence-corrected chi connectivity index (χ1v) is 8.43. The quantitative estimate of drug-likeness (QED) is 0.933. The van der Waals surface area contributed by atoms with E-state index in [-0.39, 0.29) is 11.8 Å². The van der Waals surface area contributed by atoms with Gasteiger partial charge in [0.25, 0.3) is 0 Å². The van der Waals surface area contributed by atoms with Crippen molar-refractivity contribution in [2.24, 2.45) is 11.8 Å². The zero-order valence-electron chi connectivity index (χ0n) is 13.6.